The predicted molar refractivity (Wildman–Crippen MR) is 99.3 cm³/mol. The van der Waals surface area contributed by atoms with E-state index in [1.165, 1.54) is 0 Å². The molecule has 0 saturated carbocycles. The van der Waals surface area contributed by atoms with Crippen LogP contribution >= 0.6 is 34.5 Å². The van der Waals surface area contributed by atoms with Gasteiger partial charge in [0.05, 0.1) is 16.1 Å². The van der Waals surface area contributed by atoms with Crippen LogP contribution in [-0.4, -0.2) is 28.6 Å². The molecule has 1 fully saturated rings. The zero-order valence-corrected chi connectivity index (χ0v) is 15.7. The quantitative estimate of drug-likeness (QED) is 0.768. The zero-order valence-electron chi connectivity index (χ0n) is 13.3. The summed E-state index contributed by atoms with van der Waals surface area (Å²) < 4.78 is 0. The molecule has 0 bridgehead atoms. The van der Waals surface area contributed by atoms with Crippen molar-refractivity contribution in [2.45, 2.75) is 38.3 Å². The highest BCUT2D eigenvalue weighted by Crippen LogP contribution is 2.42. The van der Waals surface area contributed by atoms with E-state index in [2.05, 4.69) is 17.9 Å². The summed E-state index contributed by atoms with van der Waals surface area (Å²) in [6, 6.07) is 6.96. The smallest absolute Gasteiger partial charge is 0.320 e. The number of carboxylic acid groups (broad SMARTS) is 1. The molecule has 1 aliphatic rings. The molecule has 0 amide bonds. The van der Waals surface area contributed by atoms with E-state index < -0.39 is 12.0 Å². The van der Waals surface area contributed by atoms with Gasteiger partial charge in [-0.1, -0.05) is 41.8 Å². The van der Waals surface area contributed by atoms with Gasteiger partial charge in [-0.05, 0) is 54.9 Å². The fraction of sp³-hybridized carbons (Fsp3) is 0.389. The Morgan fingerprint density at radius 1 is 1.33 bits per heavy atom. The molecule has 0 aliphatic carbocycles. The molecule has 2 heterocycles. The molecule has 0 spiro atoms. The Hall–Kier alpha value is -1.07. The number of rotatable bonds is 4. The molecule has 2 aromatic rings. The molecule has 1 aromatic heterocycles. The average Bonchev–Trinajstić information content (AvgIpc) is 2.98. The number of benzene rings is 1. The van der Waals surface area contributed by atoms with Crippen LogP contribution < -0.4 is 0 Å². The summed E-state index contributed by atoms with van der Waals surface area (Å²) in [5, 5.41) is 12.7. The van der Waals surface area contributed by atoms with E-state index >= 15 is 0 Å². The van der Waals surface area contributed by atoms with E-state index in [1.54, 1.807) is 17.4 Å². The molecule has 3 rings (SSSR count). The van der Waals surface area contributed by atoms with Crippen LogP contribution in [0.2, 0.25) is 10.0 Å². The largest absolute Gasteiger partial charge is 0.480 e. The van der Waals surface area contributed by atoms with Crippen LogP contribution in [0.25, 0.3) is 0 Å². The van der Waals surface area contributed by atoms with Gasteiger partial charge in [-0.25, -0.2) is 0 Å². The summed E-state index contributed by atoms with van der Waals surface area (Å²) in [5.41, 5.74) is 2.03. The summed E-state index contributed by atoms with van der Waals surface area (Å²) >= 11 is 14.4. The molecule has 6 heteroatoms. The van der Waals surface area contributed by atoms with E-state index in [0.29, 0.717) is 16.5 Å². The first-order valence-corrected chi connectivity index (χ1v) is 9.60. The van der Waals surface area contributed by atoms with E-state index in [0.717, 1.165) is 35.4 Å². The summed E-state index contributed by atoms with van der Waals surface area (Å²) in [7, 11) is 0. The number of carboxylic acids is 1. The number of likely N-dealkylation sites (tertiary alicyclic amines) is 1. The summed E-state index contributed by atoms with van der Waals surface area (Å²) in [5.74, 6) is -0.771. The Balaban J connectivity index is 2.14. The first-order chi connectivity index (χ1) is 11.5. The fourth-order valence-corrected chi connectivity index (χ4v) is 4.87. The molecule has 2 unspecified atom stereocenters. The standard InChI is InChI=1S/C18H19Cl2NO2S/c1-11-8-10-24-17(11)16(12-5-4-6-13(19)15(12)20)21-9-3-2-7-14(21)18(22)23/h4-6,8,10,14,16H,2-3,7,9H2,1H3,(H,22,23). The van der Waals surface area contributed by atoms with Crippen molar-refractivity contribution in [3.8, 4) is 0 Å². The third-order valence-electron chi connectivity index (χ3n) is 4.59. The van der Waals surface area contributed by atoms with Crippen molar-refractivity contribution >= 4 is 40.5 Å². The molecule has 1 N–H and O–H groups in total. The number of carbonyl (C=O) groups is 1. The zero-order chi connectivity index (χ0) is 17.3. The lowest BCUT2D eigenvalue weighted by Crippen LogP contribution is -2.46. The van der Waals surface area contributed by atoms with Crippen LogP contribution in [0.15, 0.2) is 29.6 Å². The van der Waals surface area contributed by atoms with E-state index in [9.17, 15) is 9.90 Å². The minimum Gasteiger partial charge on any atom is -0.480 e. The number of hydrogen-bond donors (Lipinski definition) is 1. The molecular formula is C18H19Cl2NO2S. The van der Waals surface area contributed by atoms with Gasteiger partial charge in [0, 0.05) is 4.88 Å². The highest BCUT2D eigenvalue weighted by Gasteiger charge is 2.37. The van der Waals surface area contributed by atoms with E-state index in [-0.39, 0.29) is 6.04 Å². The number of halogens is 2. The summed E-state index contributed by atoms with van der Waals surface area (Å²) in [4.78, 5) is 15.0. The number of aryl methyl sites for hydroxylation is 1. The van der Waals surface area contributed by atoms with E-state index in [4.69, 9.17) is 23.2 Å². The monoisotopic (exact) mass is 383 g/mol. The molecule has 1 aliphatic heterocycles. The minimum atomic E-state index is -0.771. The number of piperidine rings is 1. The Labute approximate surface area is 155 Å². The Morgan fingerprint density at radius 2 is 2.12 bits per heavy atom. The van der Waals surface area contributed by atoms with Gasteiger partial charge in [-0.15, -0.1) is 11.3 Å². The number of hydrogen-bond acceptors (Lipinski definition) is 3. The molecule has 24 heavy (non-hydrogen) atoms. The Bertz CT molecular complexity index is 746. The van der Waals surface area contributed by atoms with Crippen LogP contribution in [0.1, 0.15) is 41.3 Å². The van der Waals surface area contributed by atoms with Crippen LogP contribution in [0.5, 0.6) is 0 Å². The lowest BCUT2D eigenvalue weighted by molar-refractivity contribution is -0.145. The molecule has 3 nitrogen and oxygen atoms in total. The van der Waals surface area contributed by atoms with Crippen molar-refractivity contribution in [1.29, 1.82) is 0 Å². The van der Waals surface area contributed by atoms with Crippen LogP contribution in [0, 0.1) is 6.92 Å². The van der Waals surface area contributed by atoms with Gasteiger partial charge in [-0.2, -0.15) is 0 Å². The number of aliphatic carboxylic acids is 1. The normalized spacial score (nSPS) is 20.0. The van der Waals surface area contributed by atoms with Crippen molar-refractivity contribution in [2.75, 3.05) is 6.54 Å². The number of nitrogens with zero attached hydrogens (tertiary/aromatic N) is 1. The lowest BCUT2D eigenvalue weighted by atomic mass is 9.94. The summed E-state index contributed by atoms with van der Waals surface area (Å²) in [6.45, 7) is 2.79. The van der Waals surface area contributed by atoms with Gasteiger partial charge in [0.1, 0.15) is 6.04 Å². The third-order valence-corrected chi connectivity index (χ3v) is 6.49. The molecule has 1 saturated heterocycles. The second kappa shape index (κ2) is 7.44. The van der Waals surface area contributed by atoms with Crippen molar-refractivity contribution < 1.29 is 9.90 Å². The van der Waals surface area contributed by atoms with E-state index in [1.807, 2.05) is 17.5 Å². The highest BCUT2D eigenvalue weighted by molar-refractivity contribution is 7.10. The van der Waals surface area contributed by atoms with Crippen LogP contribution in [-0.2, 0) is 4.79 Å². The molecule has 1 aromatic carbocycles. The number of thiophene rings is 1. The second-order valence-electron chi connectivity index (χ2n) is 6.10. The Kier molecular flexibility index (Phi) is 5.50. The lowest BCUT2D eigenvalue weighted by Gasteiger charge is -2.39. The average molecular weight is 384 g/mol. The van der Waals surface area contributed by atoms with Gasteiger partial charge in [0.15, 0.2) is 0 Å². The van der Waals surface area contributed by atoms with Gasteiger partial charge in [0.25, 0.3) is 0 Å². The third kappa shape index (κ3) is 3.33. The van der Waals surface area contributed by atoms with Crippen molar-refractivity contribution in [3.63, 3.8) is 0 Å². The second-order valence-corrected chi connectivity index (χ2v) is 7.83. The van der Waals surface area contributed by atoms with Crippen molar-refractivity contribution in [2.24, 2.45) is 0 Å². The van der Waals surface area contributed by atoms with Crippen LogP contribution in [0.4, 0.5) is 0 Å². The minimum absolute atomic E-state index is 0.183. The SMILES string of the molecule is Cc1ccsc1C(c1cccc(Cl)c1Cl)N1CCCCC1C(=O)O. The van der Waals surface area contributed by atoms with Crippen molar-refractivity contribution in [1.82, 2.24) is 4.90 Å². The summed E-state index contributed by atoms with van der Waals surface area (Å²) in [6.07, 6.45) is 2.59. The maximum atomic E-state index is 11.8. The fourth-order valence-electron chi connectivity index (χ4n) is 3.39. The van der Waals surface area contributed by atoms with Gasteiger partial charge >= 0.3 is 5.97 Å². The van der Waals surface area contributed by atoms with Crippen molar-refractivity contribution in [3.05, 3.63) is 55.7 Å². The maximum Gasteiger partial charge on any atom is 0.320 e. The first kappa shape index (κ1) is 17.7. The van der Waals surface area contributed by atoms with Gasteiger partial charge < -0.3 is 5.11 Å². The maximum absolute atomic E-state index is 11.8. The topological polar surface area (TPSA) is 40.5 Å². The molecule has 0 radical (unpaired) electrons. The van der Waals surface area contributed by atoms with Gasteiger partial charge in [-0.3, -0.25) is 9.69 Å². The molecule has 2 atom stereocenters. The molecule has 128 valence electrons. The van der Waals surface area contributed by atoms with Gasteiger partial charge in [0.2, 0.25) is 0 Å². The molecular weight excluding hydrogens is 365 g/mol. The first-order valence-electron chi connectivity index (χ1n) is 7.97. The Morgan fingerprint density at radius 3 is 2.79 bits per heavy atom. The highest BCUT2D eigenvalue weighted by atomic mass is 35.5. The predicted octanol–water partition coefficient (Wildman–Crippen LogP) is 5.39. The van der Waals surface area contributed by atoms with Crippen LogP contribution in [0.3, 0.4) is 0 Å².